The maximum absolute atomic E-state index is 13.2. The first-order valence-corrected chi connectivity index (χ1v) is 12.2. The van der Waals surface area contributed by atoms with Crippen LogP contribution in [0.15, 0.2) is 56.8 Å². The van der Waals surface area contributed by atoms with E-state index in [-0.39, 0.29) is 42.1 Å². The standard InChI is InChI=1S/C26H21N3O5S2/c1-15-5-7-17(8-6-15)12-21-24(32)28(26(35)36-21)10-9-20(30)22-16(2)19(13-27)23(31)29(25(22)33)14-18-4-3-11-34-18/h3-8,11-12,33H,9-10,14H2,1-2H3/b21-12-. The van der Waals surface area contributed by atoms with Gasteiger partial charge in [-0.05, 0) is 43.2 Å². The number of hydrogen-bond donors (Lipinski definition) is 1. The molecule has 0 saturated carbocycles. The van der Waals surface area contributed by atoms with Gasteiger partial charge in [-0.15, -0.1) is 0 Å². The number of nitrogens with zero attached hydrogens (tertiary/aromatic N) is 3. The predicted molar refractivity (Wildman–Crippen MR) is 140 cm³/mol. The van der Waals surface area contributed by atoms with Gasteiger partial charge in [0.05, 0.1) is 23.3 Å². The van der Waals surface area contributed by atoms with Crippen LogP contribution in [0.5, 0.6) is 5.88 Å². The SMILES string of the molecule is Cc1ccc(/C=C2\SC(=S)N(CCC(=O)c3c(C)c(C#N)c(=O)n(Cc4ccco4)c3O)C2=O)cc1. The molecule has 1 fully saturated rings. The third-order valence-corrected chi connectivity index (χ3v) is 7.16. The Morgan fingerprint density at radius 1 is 1.22 bits per heavy atom. The van der Waals surface area contributed by atoms with Crippen LogP contribution in [-0.2, 0) is 11.3 Å². The molecule has 0 radical (unpaired) electrons. The Hall–Kier alpha value is -3.94. The summed E-state index contributed by atoms with van der Waals surface area (Å²) in [7, 11) is 0. The number of aromatic hydroxyl groups is 1. The molecule has 0 spiro atoms. The van der Waals surface area contributed by atoms with Crippen LogP contribution < -0.4 is 5.56 Å². The van der Waals surface area contributed by atoms with Gasteiger partial charge < -0.3 is 9.52 Å². The van der Waals surface area contributed by atoms with Crippen LogP contribution in [0.3, 0.4) is 0 Å². The van der Waals surface area contributed by atoms with Gasteiger partial charge in [0.2, 0.25) is 5.88 Å². The molecule has 1 aromatic carbocycles. The molecule has 0 bridgehead atoms. The van der Waals surface area contributed by atoms with Crippen LogP contribution in [0.2, 0.25) is 0 Å². The van der Waals surface area contributed by atoms with Crippen molar-refractivity contribution in [1.29, 1.82) is 5.26 Å². The Morgan fingerprint density at radius 3 is 2.58 bits per heavy atom. The van der Waals surface area contributed by atoms with Crippen molar-refractivity contribution in [1.82, 2.24) is 9.47 Å². The maximum Gasteiger partial charge on any atom is 0.271 e. The minimum absolute atomic E-state index is 0.00713. The van der Waals surface area contributed by atoms with E-state index >= 15 is 0 Å². The lowest BCUT2D eigenvalue weighted by Crippen LogP contribution is -2.31. The van der Waals surface area contributed by atoms with Crippen molar-refractivity contribution in [2.75, 3.05) is 6.54 Å². The summed E-state index contributed by atoms with van der Waals surface area (Å²) in [5, 5.41) is 20.4. The van der Waals surface area contributed by atoms with Crippen molar-refractivity contribution in [2.45, 2.75) is 26.8 Å². The number of nitriles is 1. The Morgan fingerprint density at radius 2 is 1.94 bits per heavy atom. The largest absolute Gasteiger partial charge is 0.494 e. The molecule has 8 nitrogen and oxygen atoms in total. The minimum atomic E-state index is -0.723. The number of benzene rings is 1. The molecule has 0 unspecified atom stereocenters. The number of carbonyl (C=O) groups excluding carboxylic acids is 2. The van der Waals surface area contributed by atoms with E-state index in [0.29, 0.717) is 15.0 Å². The van der Waals surface area contributed by atoms with E-state index in [0.717, 1.165) is 27.5 Å². The Kier molecular flexibility index (Phi) is 7.24. The zero-order valence-corrected chi connectivity index (χ0v) is 21.1. The van der Waals surface area contributed by atoms with Gasteiger partial charge in [0.15, 0.2) is 5.78 Å². The molecule has 182 valence electrons. The zero-order chi connectivity index (χ0) is 26.0. The lowest BCUT2D eigenvalue weighted by atomic mass is 10.00. The number of amides is 1. The average Bonchev–Trinajstić information content (AvgIpc) is 3.45. The van der Waals surface area contributed by atoms with E-state index in [1.54, 1.807) is 18.2 Å². The summed E-state index contributed by atoms with van der Waals surface area (Å²) in [4.78, 5) is 40.7. The number of ketones is 1. The van der Waals surface area contributed by atoms with Gasteiger partial charge in [-0.3, -0.25) is 23.9 Å². The number of pyridine rings is 1. The maximum atomic E-state index is 13.2. The molecule has 3 heterocycles. The monoisotopic (exact) mass is 519 g/mol. The number of aromatic nitrogens is 1. The van der Waals surface area contributed by atoms with E-state index in [1.165, 1.54) is 18.1 Å². The van der Waals surface area contributed by atoms with E-state index in [4.69, 9.17) is 16.6 Å². The number of hydrogen-bond acceptors (Lipinski definition) is 8. The third kappa shape index (κ3) is 4.89. The Bertz CT molecular complexity index is 1500. The fourth-order valence-electron chi connectivity index (χ4n) is 3.83. The molecule has 1 aliphatic rings. The number of carbonyl (C=O) groups is 2. The second-order valence-corrected chi connectivity index (χ2v) is 9.87. The summed E-state index contributed by atoms with van der Waals surface area (Å²) in [6.45, 7) is 3.26. The highest BCUT2D eigenvalue weighted by Crippen LogP contribution is 2.33. The van der Waals surface area contributed by atoms with Crippen LogP contribution in [0, 0.1) is 25.2 Å². The number of thiocarbonyl (C=S) groups is 1. The van der Waals surface area contributed by atoms with Gasteiger partial charge in [0, 0.05) is 13.0 Å². The van der Waals surface area contributed by atoms with Crippen LogP contribution in [0.1, 0.15) is 44.8 Å². The highest BCUT2D eigenvalue weighted by Gasteiger charge is 2.33. The normalized spacial score (nSPS) is 14.5. The van der Waals surface area contributed by atoms with Crippen LogP contribution >= 0.6 is 24.0 Å². The summed E-state index contributed by atoms with van der Waals surface area (Å²) >= 11 is 6.52. The first-order chi connectivity index (χ1) is 17.2. The van der Waals surface area contributed by atoms with Gasteiger partial charge in [-0.2, -0.15) is 5.26 Å². The number of rotatable bonds is 7. The molecule has 4 rings (SSSR count). The molecule has 3 aromatic rings. The van der Waals surface area contributed by atoms with E-state index < -0.39 is 17.2 Å². The molecule has 1 saturated heterocycles. The lowest BCUT2D eigenvalue weighted by Gasteiger charge is -2.17. The molecular formula is C26H21N3O5S2. The summed E-state index contributed by atoms with van der Waals surface area (Å²) in [6.07, 6.45) is 3.00. The lowest BCUT2D eigenvalue weighted by molar-refractivity contribution is -0.122. The predicted octanol–water partition coefficient (Wildman–Crippen LogP) is 4.16. The number of Topliss-reactive ketones (excluding diaryl/α,β-unsaturated/α-hetero) is 1. The van der Waals surface area contributed by atoms with Crippen molar-refractivity contribution in [3.05, 3.63) is 91.5 Å². The minimum Gasteiger partial charge on any atom is -0.494 e. The third-order valence-electron chi connectivity index (χ3n) is 5.78. The molecule has 36 heavy (non-hydrogen) atoms. The van der Waals surface area contributed by atoms with Crippen molar-refractivity contribution in [3.63, 3.8) is 0 Å². The quantitative estimate of drug-likeness (QED) is 0.281. The van der Waals surface area contributed by atoms with Gasteiger partial charge in [-0.25, -0.2) is 0 Å². The highest BCUT2D eigenvalue weighted by molar-refractivity contribution is 8.26. The number of aryl methyl sites for hydroxylation is 1. The first kappa shape index (κ1) is 25.2. The van der Waals surface area contributed by atoms with E-state index in [1.807, 2.05) is 37.3 Å². The molecule has 10 heteroatoms. The summed E-state index contributed by atoms with van der Waals surface area (Å²) in [5.74, 6) is -1.01. The smallest absolute Gasteiger partial charge is 0.271 e. The first-order valence-electron chi connectivity index (χ1n) is 10.9. The average molecular weight is 520 g/mol. The second kappa shape index (κ2) is 10.4. The summed E-state index contributed by atoms with van der Waals surface area (Å²) in [5.41, 5.74) is 0.948. The molecule has 1 amide bonds. The van der Waals surface area contributed by atoms with Gasteiger partial charge in [0.25, 0.3) is 11.5 Å². The van der Waals surface area contributed by atoms with Gasteiger partial charge in [-0.1, -0.05) is 53.8 Å². The topological polar surface area (TPSA) is 117 Å². The molecule has 0 atom stereocenters. The summed E-state index contributed by atoms with van der Waals surface area (Å²) < 4.78 is 6.50. The Balaban J connectivity index is 1.57. The fraction of sp³-hybridized carbons (Fsp3) is 0.192. The Labute approximate surface area is 216 Å². The fourth-order valence-corrected chi connectivity index (χ4v) is 5.14. The molecule has 1 N–H and O–H groups in total. The van der Waals surface area contributed by atoms with E-state index in [9.17, 15) is 24.8 Å². The molecule has 1 aliphatic heterocycles. The summed E-state index contributed by atoms with van der Waals surface area (Å²) in [6, 6.07) is 12.8. The molecular weight excluding hydrogens is 498 g/mol. The van der Waals surface area contributed by atoms with Crippen molar-refractivity contribution in [3.8, 4) is 11.9 Å². The van der Waals surface area contributed by atoms with Crippen molar-refractivity contribution in [2.24, 2.45) is 0 Å². The van der Waals surface area contributed by atoms with Crippen LogP contribution in [0.4, 0.5) is 0 Å². The molecule has 0 aliphatic carbocycles. The van der Waals surface area contributed by atoms with Crippen molar-refractivity contribution < 1.29 is 19.1 Å². The van der Waals surface area contributed by atoms with Gasteiger partial charge in [0.1, 0.15) is 21.7 Å². The highest BCUT2D eigenvalue weighted by atomic mass is 32.2. The second-order valence-electron chi connectivity index (χ2n) is 8.20. The van der Waals surface area contributed by atoms with Crippen molar-refractivity contribution >= 4 is 46.1 Å². The van der Waals surface area contributed by atoms with E-state index in [2.05, 4.69) is 0 Å². The number of thioether (sulfide) groups is 1. The zero-order valence-electron chi connectivity index (χ0n) is 19.5. The van der Waals surface area contributed by atoms with Gasteiger partial charge >= 0.3 is 0 Å². The van der Waals surface area contributed by atoms with Crippen LogP contribution in [-0.4, -0.2) is 37.1 Å². The molecule has 2 aromatic heterocycles. The van der Waals surface area contributed by atoms with Crippen LogP contribution in [0.25, 0.3) is 6.08 Å². The number of furan rings is 1.